The van der Waals surface area contributed by atoms with Crippen molar-refractivity contribution in [1.29, 1.82) is 0 Å². The van der Waals surface area contributed by atoms with Crippen molar-refractivity contribution in [3.63, 3.8) is 0 Å². The SMILES string of the molecule is CC(C)(C)OC(=O)N1CCN(C(=O)c2ccc(-c3ccc(F)cc3)o2)CC1. The summed E-state index contributed by atoms with van der Waals surface area (Å²) in [6, 6.07) is 9.19. The summed E-state index contributed by atoms with van der Waals surface area (Å²) in [4.78, 5) is 28.0. The first-order valence-electron chi connectivity index (χ1n) is 8.86. The number of benzene rings is 1. The Morgan fingerprint density at radius 2 is 1.56 bits per heavy atom. The Kier molecular flexibility index (Phi) is 5.21. The van der Waals surface area contributed by atoms with Gasteiger partial charge in [0.25, 0.3) is 5.91 Å². The highest BCUT2D eigenvalue weighted by Gasteiger charge is 2.29. The van der Waals surface area contributed by atoms with Crippen molar-refractivity contribution >= 4 is 12.0 Å². The Labute approximate surface area is 157 Å². The Morgan fingerprint density at radius 1 is 0.963 bits per heavy atom. The van der Waals surface area contributed by atoms with Crippen LogP contribution in [-0.2, 0) is 4.74 Å². The summed E-state index contributed by atoms with van der Waals surface area (Å²) in [6.07, 6.45) is -0.369. The minimum Gasteiger partial charge on any atom is -0.451 e. The second-order valence-electron chi connectivity index (χ2n) is 7.43. The van der Waals surface area contributed by atoms with E-state index in [0.29, 0.717) is 37.5 Å². The summed E-state index contributed by atoms with van der Waals surface area (Å²) in [6.45, 7) is 7.09. The van der Waals surface area contributed by atoms with Crippen LogP contribution in [0.3, 0.4) is 0 Å². The molecule has 1 aromatic heterocycles. The number of hydrogen-bond acceptors (Lipinski definition) is 4. The van der Waals surface area contributed by atoms with Gasteiger partial charge in [-0.05, 0) is 57.2 Å². The summed E-state index contributed by atoms with van der Waals surface area (Å²) in [5, 5.41) is 0. The normalized spacial score (nSPS) is 15.0. The van der Waals surface area contributed by atoms with Crippen LogP contribution in [0.4, 0.5) is 9.18 Å². The number of amides is 2. The van der Waals surface area contributed by atoms with Crippen LogP contribution < -0.4 is 0 Å². The number of ether oxygens (including phenoxy) is 1. The molecule has 27 heavy (non-hydrogen) atoms. The van der Waals surface area contributed by atoms with Crippen molar-refractivity contribution in [3.05, 3.63) is 48.0 Å². The van der Waals surface area contributed by atoms with E-state index in [1.165, 1.54) is 12.1 Å². The summed E-state index contributed by atoms with van der Waals surface area (Å²) in [7, 11) is 0. The van der Waals surface area contributed by atoms with Gasteiger partial charge in [0.1, 0.15) is 17.2 Å². The topological polar surface area (TPSA) is 63.0 Å². The zero-order valence-corrected chi connectivity index (χ0v) is 15.7. The molecule has 0 unspecified atom stereocenters. The fourth-order valence-corrected chi connectivity index (χ4v) is 2.80. The quantitative estimate of drug-likeness (QED) is 0.803. The van der Waals surface area contributed by atoms with E-state index in [4.69, 9.17) is 9.15 Å². The van der Waals surface area contributed by atoms with Crippen molar-refractivity contribution < 1.29 is 23.1 Å². The second-order valence-corrected chi connectivity index (χ2v) is 7.43. The molecule has 1 fully saturated rings. The molecule has 1 aliphatic rings. The molecule has 0 bridgehead atoms. The third-order valence-electron chi connectivity index (χ3n) is 4.16. The van der Waals surface area contributed by atoms with Gasteiger partial charge >= 0.3 is 6.09 Å². The van der Waals surface area contributed by atoms with Crippen LogP contribution in [0.25, 0.3) is 11.3 Å². The predicted molar refractivity (Wildman–Crippen MR) is 97.8 cm³/mol. The Hall–Kier alpha value is -2.83. The molecule has 1 aromatic carbocycles. The third-order valence-corrected chi connectivity index (χ3v) is 4.16. The van der Waals surface area contributed by atoms with Gasteiger partial charge in [-0.1, -0.05) is 0 Å². The lowest BCUT2D eigenvalue weighted by atomic mass is 10.2. The van der Waals surface area contributed by atoms with Gasteiger partial charge < -0.3 is 19.0 Å². The molecule has 2 heterocycles. The minimum atomic E-state index is -0.547. The predicted octanol–water partition coefficient (Wildman–Crippen LogP) is 3.78. The first-order valence-corrected chi connectivity index (χ1v) is 8.86. The maximum absolute atomic E-state index is 13.0. The van der Waals surface area contributed by atoms with Gasteiger partial charge in [0.05, 0.1) is 0 Å². The van der Waals surface area contributed by atoms with Crippen molar-refractivity contribution in [2.24, 2.45) is 0 Å². The standard InChI is InChI=1S/C20H23FN2O4/c1-20(2,3)27-19(25)23-12-10-22(11-13-23)18(24)17-9-8-16(26-17)14-4-6-15(21)7-5-14/h4-9H,10-13H2,1-3H3. The largest absolute Gasteiger partial charge is 0.451 e. The van der Waals surface area contributed by atoms with Gasteiger partial charge in [0.15, 0.2) is 5.76 Å². The number of hydrogen-bond donors (Lipinski definition) is 0. The van der Waals surface area contributed by atoms with Crippen LogP contribution >= 0.6 is 0 Å². The number of rotatable bonds is 2. The molecule has 0 atom stereocenters. The van der Waals surface area contributed by atoms with Gasteiger partial charge in [-0.15, -0.1) is 0 Å². The van der Waals surface area contributed by atoms with Crippen LogP contribution in [-0.4, -0.2) is 53.6 Å². The summed E-state index contributed by atoms with van der Waals surface area (Å²) in [5.74, 6) is 0.169. The van der Waals surface area contributed by atoms with Crippen molar-refractivity contribution in [3.8, 4) is 11.3 Å². The molecule has 1 aliphatic heterocycles. The van der Waals surface area contributed by atoms with Crippen LogP contribution in [0.1, 0.15) is 31.3 Å². The molecule has 0 N–H and O–H groups in total. The molecule has 1 saturated heterocycles. The molecule has 6 nitrogen and oxygen atoms in total. The first kappa shape index (κ1) is 18.9. The van der Waals surface area contributed by atoms with Gasteiger partial charge in [0, 0.05) is 31.7 Å². The molecule has 144 valence electrons. The number of furan rings is 1. The van der Waals surface area contributed by atoms with Crippen molar-refractivity contribution in [1.82, 2.24) is 9.80 Å². The highest BCUT2D eigenvalue weighted by Crippen LogP contribution is 2.23. The first-order chi connectivity index (χ1) is 12.7. The van der Waals surface area contributed by atoms with E-state index >= 15 is 0 Å². The summed E-state index contributed by atoms with van der Waals surface area (Å²) < 4.78 is 24.0. The molecule has 0 aliphatic carbocycles. The maximum Gasteiger partial charge on any atom is 0.410 e. The molecular formula is C20H23FN2O4. The number of piperazine rings is 1. The van der Waals surface area contributed by atoms with E-state index in [0.717, 1.165) is 0 Å². The summed E-state index contributed by atoms with van der Waals surface area (Å²) in [5.41, 5.74) is 0.153. The highest BCUT2D eigenvalue weighted by atomic mass is 19.1. The number of carbonyl (C=O) groups excluding carboxylic acids is 2. The van der Waals surface area contributed by atoms with Crippen molar-refractivity contribution in [2.45, 2.75) is 26.4 Å². The van der Waals surface area contributed by atoms with Gasteiger partial charge in [-0.2, -0.15) is 0 Å². The van der Waals surface area contributed by atoms with Crippen LogP contribution in [0.5, 0.6) is 0 Å². The second kappa shape index (κ2) is 7.42. The average molecular weight is 374 g/mol. The molecule has 7 heteroatoms. The molecule has 0 spiro atoms. The van der Waals surface area contributed by atoms with Gasteiger partial charge in [-0.25, -0.2) is 9.18 Å². The lowest BCUT2D eigenvalue weighted by Crippen LogP contribution is -2.51. The monoisotopic (exact) mass is 374 g/mol. The Morgan fingerprint density at radius 3 is 2.15 bits per heavy atom. The number of halogens is 1. The van der Waals surface area contributed by atoms with Gasteiger partial charge in [0.2, 0.25) is 0 Å². The lowest BCUT2D eigenvalue weighted by molar-refractivity contribution is 0.0137. The van der Waals surface area contributed by atoms with E-state index in [2.05, 4.69) is 0 Å². The van der Waals surface area contributed by atoms with Crippen molar-refractivity contribution in [2.75, 3.05) is 26.2 Å². The highest BCUT2D eigenvalue weighted by molar-refractivity contribution is 5.92. The summed E-state index contributed by atoms with van der Waals surface area (Å²) >= 11 is 0. The molecule has 2 aromatic rings. The minimum absolute atomic E-state index is 0.222. The van der Waals surface area contributed by atoms with Crippen LogP contribution in [0.15, 0.2) is 40.8 Å². The average Bonchev–Trinajstić information content (AvgIpc) is 3.10. The number of carbonyl (C=O) groups is 2. The Bertz CT molecular complexity index is 815. The van der Waals surface area contributed by atoms with E-state index < -0.39 is 5.60 Å². The number of nitrogens with zero attached hydrogens (tertiary/aromatic N) is 2. The zero-order valence-electron chi connectivity index (χ0n) is 15.7. The molecule has 2 amide bonds. The van der Waals surface area contributed by atoms with Crippen LogP contribution in [0.2, 0.25) is 0 Å². The fourth-order valence-electron chi connectivity index (χ4n) is 2.80. The smallest absolute Gasteiger partial charge is 0.410 e. The molecule has 0 saturated carbocycles. The fraction of sp³-hybridized carbons (Fsp3) is 0.400. The van der Waals surface area contributed by atoms with E-state index in [-0.39, 0.29) is 23.6 Å². The van der Waals surface area contributed by atoms with E-state index in [1.807, 2.05) is 20.8 Å². The molecule has 0 radical (unpaired) electrons. The Balaban J connectivity index is 1.60. The third kappa shape index (κ3) is 4.67. The zero-order chi connectivity index (χ0) is 19.6. The van der Waals surface area contributed by atoms with Crippen LogP contribution in [0, 0.1) is 5.82 Å². The van der Waals surface area contributed by atoms with Gasteiger partial charge in [-0.3, -0.25) is 4.79 Å². The molecular weight excluding hydrogens is 351 g/mol. The van der Waals surface area contributed by atoms with E-state index in [1.54, 1.807) is 34.1 Å². The maximum atomic E-state index is 13.0. The lowest BCUT2D eigenvalue weighted by Gasteiger charge is -2.35. The molecule has 3 rings (SSSR count). The van der Waals surface area contributed by atoms with E-state index in [9.17, 15) is 14.0 Å².